The van der Waals surface area contributed by atoms with Crippen LogP contribution in [0.5, 0.6) is 0 Å². The number of hydrogen-bond donors (Lipinski definition) is 4. The Morgan fingerprint density at radius 1 is 1.28 bits per heavy atom. The van der Waals surface area contributed by atoms with Gasteiger partial charge in [0.15, 0.2) is 0 Å². The highest BCUT2D eigenvalue weighted by Crippen LogP contribution is 2.30. The maximum Gasteiger partial charge on any atom is 0.322 e. The second-order valence-corrected chi connectivity index (χ2v) is 4.95. The minimum Gasteiger partial charge on any atom is -0.480 e. The van der Waals surface area contributed by atoms with Gasteiger partial charge in [0.05, 0.1) is 5.41 Å². The van der Waals surface area contributed by atoms with Gasteiger partial charge >= 0.3 is 5.97 Å². The molecule has 0 rings (SSSR count). The van der Waals surface area contributed by atoms with Gasteiger partial charge in [0.2, 0.25) is 11.8 Å². The van der Waals surface area contributed by atoms with Gasteiger partial charge in [-0.25, -0.2) is 5.48 Å². The topological polar surface area (TPSA) is 116 Å². The van der Waals surface area contributed by atoms with Gasteiger partial charge in [-0.05, 0) is 12.3 Å². The number of rotatable bonds is 7. The molecule has 0 saturated carbocycles. The summed E-state index contributed by atoms with van der Waals surface area (Å²) in [6.07, 6.45) is 0.207. The van der Waals surface area contributed by atoms with Crippen LogP contribution >= 0.6 is 0 Å². The number of carbonyl (C=O) groups excluding carboxylic acids is 2. The summed E-state index contributed by atoms with van der Waals surface area (Å²) in [4.78, 5) is 33.5. The molecule has 104 valence electrons. The number of carbonyl (C=O) groups is 3. The minimum absolute atomic E-state index is 0.150. The van der Waals surface area contributed by atoms with Gasteiger partial charge in [-0.15, -0.1) is 0 Å². The van der Waals surface area contributed by atoms with Crippen molar-refractivity contribution in [1.82, 2.24) is 10.8 Å². The molecule has 0 heterocycles. The highest BCUT2D eigenvalue weighted by atomic mass is 16.5. The monoisotopic (exact) mass is 260 g/mol. The van der Waals surface area contributed by atoms with Gasteiger partial charge in [-0.3, -0.25) is 19.6 Å². The zero-order valence-corrected chi connectivity index (χ0v) is 10.8. The Bertz CT molecular complexity index is 329. The van der Waals surface area contributed by atoms with Crippen LogP contribution in [0.3, 0.4) is 0 Å². The number of hydrogen-bond acceptors (Lipinski definition) is 4. The molecule has 0 aromatic heterocycles. The summed E-state index contributed by atoms with van der Waals surface area (Å²) in [6.45, 7) is 4.85. The van der Waals surface area contributed by atoms with Crippen LogP contribution in [-0.4, -0.2) is 34.6 Å². The SMILES string of the molecule is CC(C)CC(C)(CC(=O)NO)C(=O)NCC(=O)O. The lowest BCUT2D eigenvalue weighted by Crippen LogP contribution is -2.44. The Morgan fingerprint density at radius 2 is 1.83 bits per heavy atom. The molecule has 0 saturated heterocycles. The Hall–Kier alpha value is -1.63. The van der Waals surface area contributed by atoms with E-state index in [9.17, 15) is 14.4 Å². The van der Waals surface area contributed by atoms with Crippen LogP contribution in [0.25, 0.3) is 0 Å². The van der Waals surface area contributed by atoms with E-state index >= 15 is 0 Å². The van der Waals surface area contributed by atoms with Gasteiger partial charge in [-0.1, -0.05) is 20.8 Å². The zero-order chi connectivity index (χ0) is 14.3. The number of amides is 2. The van der Waals surface area contributed by atoms with Crippen molar-refractivity contribution >= 4 is 17.8 Å². The number of nitrogens with one attached hydrogen (secondary N) is 2. The van der Waals surface area contributed by atoms with Crippen LogP contribution in [0.1, 0.15) is 33.6 Å². The molecule has 0 aliphatic rings. The molecule has 0 spiro atoms. The van der Waals surface area contributed by atoms with E-state index in [-0.39, 0.29) is 12.3 Å². The molecule has 7 nitrogen and oxygen atoms in total. The Balaban J connectivity index is 4.78. The fourth-order valence-corrected chi connectivity index (χ4v) is 1.91. The van der Waals surface area contributed by atoms with E-state index in [2.05, 4.69) is 5.32 Å². The average Bonchev–Trinajstić information content (AvgIpc) is 2.24. The third-order valence-corrected chi connectivity index (χ3v) is 2.48. The maximum atomic E-state index is 11.9. The van der Waals surface area contributed by atoms with Crippen LogP contribution in [0.4, 0.5) is 0 Å². The molecule has 2 amide bonds. The molecular weight excluding hydrogens is 240 g/mol. The molecule has 0 aliphatic heterocycles. The van der Waals surface area contributed by atoms with Crippen molar-refractivity contribution < 1.29 is 24.7 Å². The third kappa shape index (κ3) is 5.62. The van der Waals surface area contributed by atoms with Crippen molar-refractivity contribution in [2.75, 3.05) is 6.54 Å². The lowest BCUT2D eigenvalue weighted by molar-refractivity contribution is -0.142. The van der Waals surface area contributed by atoms with Gasteiger partial charge in [0.25, 0.3) is 0 Å². The van der Waals surface area contributed by atoms with Crippen molar-refractivity contribution in [3.05, 3.63) is 0 Å². The molecule has 7 heteroatoms. The molecule has 0 aromatic rings. The molecule has 0 bridgehead atoms. The number of aliphatic carboxylic acids is 1. The summed E-state index contributed by atoms with van der Waals surface area (Å²) in [6, 6.07) is 0. The molecule has 0 aliphatic carbocycles. The second kappa shape index (κ2) is 6.95. The quantitative estimate of drug-likeness (QED) is 0.384. The predicted molar refractivity (Wildman–Crippen MR) is 62.8 cm³/mol. The smallest absolute Gasteiger partial charge is 0.322 e. The normalized spacial score (nSPS) is 13.8. The first kappa shape index (κ1) is 16.4. The van der Waals surface area contributed by atoms with Crippen molar-refractivity contribution in [3.63, 3.8) is 0 Å². The van der Waals surface area contributed by atoms with E-state index in [1.54, 1.807) is 6.92 Å². The Kier molecular flexibility index (Phi) is 6.32. The van der Waals surface area contributed by atoms with Gasteiger partial charge in [-0.2, -0.15) is 0 Å². The molecule has 4 N–H and O–H groups in total. The van der Waals surface area contributed by atoms with Crippen LogP contribution in [0, 0.1) is 11.3 Å². The van der Waals surface area contributed by atoms with E-state index in [1.165, 1.54) is 5.48 Å². The summed E-state index contributed by atoms with van der Waals surface area (Å²) in [5.74, 6) is -2.19. The standard InChI is InChI=1S/C11H20N2O5/c1-7(2)4-11(3,5-8(14)13-18)10(17)12-6-9(15)16/h7,18H,4-6H2,1-3H3,(H,12,17)(H,13,14)(H,15,16). The van der Waals surface area contributed by atoms with Crippen LogP contribution in [0.2, 0.25) is 0 Å². The van der Waals surface area contributed by atoms with Crippen LogP contribution in [-0.2, 0) is 14.4 Å². The molecular formula is C11H20N2O5. The minimum atomic E-state index is -1.15. The highest BCUT2D eigenvalue weighted by molar-refractivity contribution is 5.90. The summed E-state index contributed by atoms with van der Waals surface area (Å²) in [5.41, 5.74) is 0.433. The van der Waals surface area contributed by atoms with E-state index in [4.69, 9.17) is 10.3 Å². The summed E-state index contributed by atoms with van der Waals surface area (Å²) in [7, 11) is 0. The van der Waals surface area contributed by atoms with Crippen molar-refractivity contribution in [3.8, 4) is 0 Å². The zero-order valence-electron chi connectivity index (χ0n) is 10.8. The first-order chi connectivity index (χ1) is 8.21. The first-order valence-electron chi connectivity index (χ1n) is 5.64. The van der Waals surface area contributed by atoms with Gasteiger partial charge in [0.1, 0.15) is 6.54 Å². The van der Waals surface area contributed by atoms with Crippen LogP contribution in [0.15, 0.2) is 0 Å². The van der Waals surface area contributed by atoms with Crippen molar-refractivity contribution in [1.29, 1.82) is 0 Å². The van der Waals surface area contributed by atoms with E-state index < -0.39 is 29.7 Å². The van der Waals surface area contributed by atoms with Gasteiger partial charge in [0, 0.05) is 6.42 Å². The molecule has 0 aromatic carbocycles. The summed E-state index contributed by atoms with van der Waals surface area (Å²) >= 11 is 0. The average molecular weight is 260 g/mol. The van der Waals surface area contributed by atoms with Crippen molar-refractivity contribution in [2.45, 2.75) is 33.6 Å². The predicted octanol–water partition coefficient (Wildman–Crippen LogP) is 0.135. The number of carboxylic acids is 1. The molecule has 0 radical (unpaired) electrons. The molecule has 0 fully saturated rings. The summed E-state index contributed by atoms with van der Waals surface area (Å²) < 4.78 is 0. The summed E-state index contributed by atoms with van der Waals surface area (Å²) in [5, 5.41) is 19.3. The Morgan fingerprint density at radius 3 is 2.22 bits per heavy atom. The van der Waals surface area contributed by atoms with E-state index in [0.29, 0.717) is 6.42 Å². The third-order valence-electron chi connectivity index (χ3n) is 2.48. The fraction of sp³-hybridized carbons (Fsp3) is 0.727. The van der Waals surface area contributed by atoms with Gasteiger partial charge < -0.3 is 10.4 Å². The Labute approximate surface area is 106 Å². The molecule has 1 atom stereocenters. The van der Waals surface area contributed by atoms with E-state index in [1.807, 2.05) is 13.8 Å². The largest absolute Gasteiger partial charge is 0.480 e. The first-order valence-corrected chi connectivity index (χ1v) is 5.64. The fourth-order valence-electron chi connectivity index (χ4n) is 1.91. The second-order valence-electron chi connectivity index (χ2n) is 4.95. The maximum absolute atomic E-state index is 11.9. The number of carboxylic acid groups (broad SMARTS) is 1. The lowest BCUT2D eigenvalue weighted by Gasteiger charge is -2.28. The molecule has 1 unspecified atom stereocenters. The molecule has 18 heavy (non-hydrogen) atoms. The van der Waals surface area contributed by atoms with E-state index in [0.717, 1.165) is 0 Å². The number of hydroxylamine groups is 1. The lowest BCUT2D eigenvalue weighted by atomic mass is 9.78. The van der Waals surface area contributed by atoms with Crippen molar-refractivity contribution in [2.24, 2.45) is 11.3 Å². The highest BCUT2D eigenvalue weighted by Gasteiger charge is 2.36. The van der Waals surface area contributed by atoms with Crippen LogP contribution < -0.4 is 10.8 Å².